The number of nitrogens with zero attached hydrogens (tertiary/aromatic N) is 1. The average molecular weight is 643 g/mol. The highest BCUT2D eigenvalue weighted by Crippen LogP contribution is 2.41. The molecule has 2 aromatic carbocycles. The van der Waals surface area contributed by atoms with E-state index in [1.54, 1.807) is 13.8 Å². The first-order chi connectivity index (χ1) is 19.4. The van der Waals surface area contributed by atoms with E-state index in [0.29, 0.717) is 30.3 Å². The normalized spacial score (nSPS) is 16.3. The highest BCUT2D eigenvalue weighted by molar-refractivity contribution is 7.92. The first kappa shape index (κ1) is 33.9. The summed E-state index contributed by atoms with van der Waals surface area (Å²) in [5.74, 6) is -3.44. The maximum absolute atomic E-state index is 14.0. The molecule has 0 fully saturated rings. The number of nitrogens with one attached hydrogen (secondary N) is 1. The Morgan fingerprint density at radius 2 is 1.65 bits per heavy atom. The monoisotopic (exact) mass is 642 g/mol. The van der Waals surface area contributed by atoms with E-state index in [2.05, 4.69) is 10.1 Å². The lowest BCUT2D eigenvalue weighted by Crippen LogP contribution is -2.50. The molecule has 0 saturated carbocycles. The van der Waals surface area contributed by atoms with Crippen molar-refractivity contribution in [3.05, 3.63) is 53.3 Å². The van der Waals surface area contributed by atoms with E-state index in [4.69, 9.17) is 4.74 Å². The van der Waals surface area contributed by atoms with Gasteiger partial charge >= 0.3 is 18.3 Å². The van der Waals surface area contributed by atoms with Crippen LogP contribution in [0.15, 0.2) is 41.3 Å². The van der Waals surface area contributed by atoms with Crippen LogP contribution in [0.4, 0.5) is 36.4 Å². The molecule has 0 spiro atoms. The molecule has 0 bridgehead atoms. The molecule has 2 aromatic rings. The number of halogens is 7. The zero-order valence-electron chi connectivity index (χ0n) is 23.6. The number of hydrogen-bond donors (Lipinski definition) is 1. The van der Waals surface area contributed by atoms with Crippen LogP contribution in [-0.2, 0) is 36.9 Å². The Morgan fingerprint density at radius 3 is 2.21 bits per heavy atom. The lowest BCUT2D eigenvalue weighted by atomic mass is 9.95. The number of amides is 1. The first-order valence-corrected chi connectivity index (χ1v) is 14.1. The van der Waals surface area contributed by atoms with E-state index >= 15 is 0 Å². The number of hydrogen-bond acceptors (Lipinski definition) is 6. The number of rotatable bonds is 8. The Labute approximate surface area is 243 Å². The quantitative estimate of drug-likeness (QED) is 0.300. The molecule has 0 unspecified atom stereocenters. The second kappa shape index (κ2) is 11.5. The van der Waals surface area contributed by atoms with Crippen LogP contribution in [0.2, 0.25) is 0 Å². The SMILES string of the molecule is CC(=O)NC(C)(C)C[C@H]1CN(S(=O)(=O)c2ccc(F)c(C(F)(F)F)c2)c2cc(CC(=O)OC(C)(C)C(F)(F)F)ccc2O1. The maximum Gasteiger partial charge on any atom is 0.427 e. The number of sulfonamides is 1. The van der Waals surface area contributed by atoms with Gasteiger partial charge in [0.15, 0.2) is 0 Å². The standard InChI is InChI=1S/C27H29F7N2O6S/c1-15(37)35-24(2,3)13-17-14-36(43(39,40)18-7-8-20(28)19(12-18)26(29,30)31)21-10-16(6-9-22(21)41-17)11-23(38)42-25(4,5)27(32,33)34/h6-10,12,17H,11,13-14H2,1-5H3,(H,35,37)/t17-/m0/s1. The van der Waals surface area contributed by atoms with Gasteiger partial charge in [-0.3, -0.25) is 13.9 Å². The first-order valence-electron chi connectivity index (χ1n) is 12.7. The summed E-state index contributed by atoms with van der Waals surface area (Å²) in [6.45, 7) is 5.37. The molecule has 1 amide bonds. The molecule has 1 atom stereocenters. The second-order valence-corrected chi connectivity index (χ2v) is 13.0. The smallest absolute Gasteiger partial charge is 0.427 e. The predicted octanol–water partition coefficient (Wildman–Crippen LogP) is 5.53. The fourth-order valence-corrected chi connectivity index (χ4v) is 5.98. The van der Waals surface area contributed by atoms with E-state index in [9.17, 15) is 48.7 Å². The topological polar surface area (TPSA) is 102 Å². The molecule has 16 heteroatoms. The van der Waals surface area contributed by atoms with Crippen molar-refractivity contribution < 1.29 is 58.2 Å². The molecule has 1 N–H and O–H groups in total. The van der Waals surface area contributed by atoms with E-state index in [0.717, 1.165) is 6.07 Å². The van der Waals surface area contributed by atoms with Crippen LogP contribution >= 0.6 is 0 Å². The fraction of sp³-hybridized carbons (Fsp3) is 0.481. The average Bonchev–Trinajstić information content (AvgIpc) is 2.80. The van der Waals surface area contributed by atoms with Crippen LogP contribution in [0, 0.1) is 5.82 Å². The van der Waals surface area contributed by atoms with E-state index in [1.165, 1.54) is 19.1 Å². The number of anilines is 1. The van der Waals surface area contributed by atoms with E-state index < -0.39 is 74.8 Å². The van der Waals surface area contributed by atoms with Gasteiger partial charge in [0.25, 0.3) is 10.0 Å². The summed E-state index contributed by atoms with van der Waals surface area (Å²) < 4.78 is 132. The molecule has 0 aromatic heterocycles. The van der Waals surface area contributed by atoms with E-state index in [-0.39, 0.29) is 35.4 Å². The maximum atomic E-state index is 14.0. The van der Waals surface area contributed by atoms with Crippen LogP contribution in [0.25, 0.3) is 0 Å². The number of carbonyl (C=O) groups is 2. The summed E-state index contributed by atoms with van der Waals surface area (Å²) in [6, 6.07) is 4.83. The van der Waals surface area contributed by atoms with Crippen molar-refractivity contribution in [2.75, 3.05) is 10.8 Å². The summed E-state index contributed by atoms with van der Waals surface area (Å²) in [6.07, 6.45) is -11.7. The van der Waals surface area contributed by atoms with E-state index in [1.807, 2.05) is 0 Å². The van der Waals surface area contributed by atoms with Gasteiger partial charge in [-0.05, 0) is 63.6 Å². The van der Waals surface area contributed by atoms with Crippen LogP contribution in [0.1, 0.15) is 52.2 Å². The van der Waals surface area contributed by atoms with Gasteiger partial charge in [0.05, 0.1) is 29.1 Å². The lowest BCUT2D eigenvalue weighted by Gasteiger charge is -2.39. The minimum Gasteiger partial charge on any atom is -0.486 e. The lowest BCUT2D eigenvalue weighted by molar-refractivity contribution is -0.257. The van der Waals surface area contributed by atoms with Crippen molar-refractivity contribution in [1.29, 1.82) is 0 Å². The predicted molar refractivity (Wildman–Crippen MR) is 139 cm³/mol. The fourth-order valence-electron chi connectivity index (χ4n) is 4.45. The van der Waals surface area contributed by atoms with Gasteiger partial charge in [-0.1, -0.05) is 6.07 Å². The Balaban J connectivity index is 2.06. The van der Waals surface area contributed by atoms with Crippen molar-refractivity contribution in [1.82, 2.24) is 5.32 Å². The Hall–Kier alpha value is -3.56. The number of ether oxygens (including phenoxy) is 2. The third-order valence-corrected chi connectivity index (χ3v) is 8.21. The van der Waals surface area contributed by atoms with Crippen LogP contribution in [0.5, 0.6) is 5.75 Å². The van der Waals surface area contributed by atoms with Gasteiger partial charge in [-0.15, -0.1) is 0 Å². The van der Waals surface area contributed by atoms with Crippen molar-refractivity contribution in [2.45, 2.75) is 82.0 Å². The van der Waals surface area contributed by atoms with Gasteiger partial charge in [0, 0.05) is 18.9 Å². The molecule has 238 valence electrons. The molecule has 0 radical (unpaired) electrons. The summed E-state index contributed by atoms with van der Waals surface area (Å²) in [5.41, 5.74) is -5.76. The molecular formula is C27H29F7N2O6S. The molecule has 1 aliphatic heterocycles. The summed E-state index contributed by atoms with van der Waals surface area (Å²) in [7, 11) is -4.85. The van der Waals surface area contributed by atoms with Gasteiger partial charge < -0.3 is 14.8 Å². The minimum absolute atomic E-state index is 0.0117. The number of carbonyl (C=O) groups excluding carboxylic acids is 2. The minimum atomic E-state index is -5.21. The highest BCUT2D eigenvalue weighted by atomic mass is 32.2. The Kier molecular flexibility index (Phi) is 9.08. The van der Waals surface area contributed by atoms with Crippen LogP contribution in [-0.4, -0.2) is 50.3 Å². The Bertz CT molecular complexity index is 1500. The van der Waals surface area contributed by atoms with Crippen LogP contribution < -0.4 is 14.4 Å². The van der Waals surface area contributed by atoms with Gasteiger partial charge in [0.2, 0.25) is 11.5 Å². The molecule has 1 heterocycles. The van der Waals surface area contributed by atoms with Gasteiger partial charge in [0.1, 0.15) is 17.7 Å². The molecule has 1 aliphatic rings. The second-order valence-electron chi connectivity index (χ2n) is 11.1. The third-order valence-electron chi connectivity index (χ3n) is 6.44. The number of fused-ring (bicyclic) bond motifs is 1. The van der Waals surface area contributed by atoms with Crippen molar-refractivity contribution >= 4 is 27.6 Å². The number of alkyl halides is 6. The van der Waals surface area contributed by atoms with Gasteiger partial charge in [-0.2, -0.15) is 26.3 Å². The van der Waals surface area contributed by atoms with Crippen LogP contribution in [0.3, 0.4) is 0 Å². The third kappa shape index (κ3) is 7.89. The largest absolute Gasteiger partial charge is 0.486 e. The van der Waals surface area contributed by atoms with Crippen molar-refractivity contribution in [3.63, 3.8) is 0 Å². The summed E-state index contributed by atoms with van der Waals surface area (Å²) in [4.78, 5) is 23.1. The molecule has 8 nitrogen and oxygen atoms in total. The molecular weight excluding hydrogens is 613 g/mol. The highest BCUT2D eigenvalue weighted by Gasteiger charge is 2.51. The Morgan fingerprint density at radius 1 is 1.02 bits per heavy atom. The number of benzene rings is 2. The van der Waals surface area contributed by atoms with Crippen molar-refractivity contribution in [2.24, 2.45) is 0 Å². The zero-order valence-corrected chi connectivity index (χ0v) is 24.4. The molecule has 43 heavy (non-hydrogen) atoms. The van der Waals surface area contributed by atoms with Gasteiger partial charge in [-0.25, -0.2) is 12.8 Å². The summed E-state index contributed by atoms with van der Waals surface area (Å²) >= 11 is 0. The molecule has 0 saturated heterocycles. The van der Waals surface area contributed by atoms with Crippen molar-refractivity contribution in [3.8, 4) is 5.75 Å². The zero-order chi connectivity index (χ0) is 32.8. The number of esters is 1. The molecule has 0 aliphatic carbocycles. The molecule has 3 rings (SSSR count). The summed E-state index contributed by atoms with van der Waals surface area (Å²) in [5, 5.41) is 2.68.